The van der Waals surface area contributed by atoms with Gasteiger partial charge in [0.1, 0.15) is 23.9 Å². The van der Waals surface area contributed by atoms with Crippen LogP contribution >= 0.6 is 0 Å². The van der Waals surface area contributed by atoms with Gasteiger partial charge in [0.2, 0.25) is 6.23 Å². The second kappa shape index (κ2) is 11.1. The van der Waals surface area contributed by atoms with E-state index in [9.17, 15) is 9.90 Å². The first-order chi connectivity index (χ1) is 16.3. The Bertz CT molecular complexity index is 1160. The van der Waals surface area contributed by atoms with Gasteiger partial charge in [0.25, 0.3) is 0 Å². The van der Waals surface area contributed by atoms with Crippen molar-refractivity contribution in [1.82, 2.24) is 0 Å². The number of rotatable bonds is 10. The van der Waals surface area contributed by atoms with E-state index in [0.29, 0.717) is 34.0 Å². The molecule has 0 amide bonds. The molecular weight excluding hydrogens is 436 g/mol. The summed E-state index contributed by atoms with van der Waals surface area (Å²) in [7, 11) is 1.54. The lowest BCUT2D eigenvalue weighted by Gasteiger charge is -2.24. The predicted octanol–water partition coefficient (Wildman–Crippen LogP) is 3.27. The van der Waals surface area contributed by atoms with Crippen LogP contribution in [0, 0.1) is 5.41 Å². The molecular formula is C25H28N4O5. The summed E-state index contributed by atoms with van der Waals surface area (Å²) in [5.41, 5.74) is 15.3. The van der Waals surface area contributed by atoms with Gasteiger partial charge in [-0.3, -0.25) is 10.2 Å². The number of carbonyl (C=O) groups excluding carboxylic acids is 1. The Morgan fingerprint density at radius 3 is 2.44 bits per heavy atom. The number of aliphatic hydroxyl groups excluding tert-OH is 1. The lowest BCUT2D eigenvalue weighted by Crippen LogP contribution is -2.19. The number of carbonyl (C=O) groups is 1. The maximum atomic E-state index is 11.9. The number of ether oxygens (including phenoxy) is 3. The maximum Gasteiger partial charge on any atom is 0.304 e. The van der Waals surface area contributed by atoms with Crippen molar-refractivity contribution in [2.45, 2.75) is 13.2 Å². The summed E-state index contributed by atoms with van der Waals surface area (Å²) >= 11 is 0. The fourth-order valence-electron chi connectivity index (χ4n) is 3.40. The summed E-state index contributed by atoms with van der Waals surface area (Å²) < 4.78 is 17.0. The Kier molecular flexibility index (Phi) is 7.94. The van der Waals surface area contributed by atoms with E-state index in [1.807, 2.05) is 18.2 Å². The average molecular weight is 465 g/mol. The molecule has 9 heteroatoms. The zero-order valence-corrected chi connectivity index (χ0v) is 19.0. The number of anilines is 2. The molecule has 7 N–H and O–H groups in total. The van der Waals surface area contributed by atoms with E-state index < -0.39 is 12.2 Å². The van der Waals surface area contributed by atoms with Crippen LogP contribution in [0.25, 0.3) is 11.1 Å². The monoisotopic (exact) mass is 464 g/mol. The first-order valence-corrected chi connectivity index (χ1v) is 10.5. The summed E-state index contributed by atoms with van der Waals surface area (Å²) in [6.45, 7) is 1.15. The molecule has 0 heterocycles. The summed E-state index contributed by atoms with van der Waals surface area (Å²) in [5, 5.41) is 20.0. The van der Waals surface area contributed by atoms with E-state index in [2.05, 4.69) is 5.32 Å². The third kappa shape index (κ3) is 5.96. The first kappa shape index (κ1) is 24.4. The Hall–Kier alpha value is -4.24. The molecule has 0 saturated carbocycles. The van der Waals surface area contributed by atoms with E-state index in [1.165, 1.54) is 14.0 Å². The number of nitrogen functional groups attached to an aromatic ring is 2. The van der Waals surface area contributed by atoms with Gasteiger partial charge in [-0.2, -0.15) is 0 Å². The number of methoxy groups -OCH3 is 1. The number of hydrogen-bond acceptors (Lipinski definition) is 8. The van der Waals surface area contributed by atoms with Crippen LogP contribution in [0.15, 0.2) is 60.7 Å². The largest absolute Gasteiger partial charge is 0.496 e. The highest BCUT2D eigenvalue weighted by Gasteiger charge is 2.23. The molecule has 0 saturated heterocycles. The quantitative estimate of drug-likeness (QED) is 0.101. The summed E-state index contributed by atoms with van der Waals surface area (Å²) in [6.07, 6.45) is -0.932. The third-order valence-electron chi connectivity index (χ3n) is 4.94. The Balaban J connectivity index is 2.08. The standard InChI is InChI=1S/C25H28N4O5/c1-15(31)34-25(29-19-8-6-16(7-9-19)24(27)28)21-14-22(32-2)20(13-23(21)33-11-10-30)17-4-3-5-18(26)12-17/h3-9,12-14,25,29-30H,10-11,26H2,1-2H3,(H3,27,28). The highest BCUT2D eigenvalue weighted by molar-refractivity contribution is 5.95. The summed E-state index contributed by atoms with van der Waals surface area (Å²) in [4.78, 5) is 11.9. The minimum atomic E-state index is -0.932. The normalized spacial score (nSPS) is 11.4. The number of aliphatic hydroxyl groups is 1. The van der Waals surface area contributed by atoms with Crippen LogP contribution in [0.3, 0.4) is 0 Å². The van der Waals surface area contributed by atoms with Crippen molar-refractivity contribution in [3.8, 4) is 22.6 Å². The third-order valence-corrected chi connectivity index (χ3v) is 4.94. The van der Waals surface area contributed by atoms with Crippen molar-refractivity contribution >= 4 is 23.2 Å². The van der Waals surface area contributed by atoms with Gasteiger partial charge in [-0.05, 0) is 54.1 Å². The van der Waals surface area contributed by atoms with Crippen LogP contribution in [-0.2, 0) is 9.53 Å². The zero-order valence-electron chi connectivity index (χ0n) is 19.0. The fraction of sp³-hybridized carbons (Fsp3) is 0.200. The van der Waals surface area contributed by atoms with Crippen molar-refractivity contribution in [2.75, 3.05) is 31.4 Å². The highest BCUT2D eigenvalue weighted by atomic mass is 16.6. The van der Waals surface area contributed by atoms with Crippen molar-refractivity contribution < 1.29 is 24.1 Å². The molecule has 0 aliphatic carbocycles. The van der Waals surface area contributed by atoms with Gasteiger partial charge in [0.15, 0.2) is 0 Å². The molecule has 1 atom stereocenters. The molecule has 9 nitrogen and oxygen atoms in total. The predicted molar refractivity (Wildman–Crippen MR) is 131 cm³/mol. The van der Waals surface area contributed by atoms with Crippen molar-refractivity contribution in [1.29, 1.82) is 5.41 Å². The number of amidine groups is 1. The molecule has 1 unspecified atom stereocenters. The number of esters is 1. The molecule has 178 valence electrons. The molecule has 3 aromatic rings. The van der Waals surface area contributed by atoms with Gasteiger partial charge in [-0.15, -0.1) is 0 Å². The minimum Gasteiger partial charge on any atom is -0.496 e. The molecule has 3 rings (SSSR count). The number of nitrogens with one attached hydrogen (secondary N) is 2. The Labute approximate surface area is 197 Å². The van der Waals surface area contributed by atoms with Crippen LogP contribution in [0.4, 0.5) is 11.4 Å². The van der Waals surface area contributed by atoms with Gasteiger partial charge in [-0.1, -0.05) is 12.1 Å². The van der Waals surface area contributed by atoms with Gasteiger partial charge in [0, 0.05) is 29.4 Å². The van der Waals surface area contributed by atoms with Crippen LogP contribution in [0.5, 0.6) is 11.5 Å². The highest BCUT2D eigenvalue weighted by Crippen LogP contribution is 2.40. The molecule has 0 radical (unpaired) electrons. The Morgan fingerprint density at radius 2 is 1.85 bits per heavy atom. The van der Waals surface area contributed by atoms with Crippen LogP contribution < -0.4 is 26.3 Å². The molecule has 0 bridgehead atoms. The lowest BCUT2D eigenvalue weighted by molar-refractivity contribution is -0.145. The SMILES string of the molecule is COc1cc(C(Nc2ccc(C(=N)N)cc2)OC(C)=O)c(OCCO)cc1-c1cccc(N)c1. The lowest BCUT2D eigenvalue weighted by atomic mass is 10.00. The second-order valence-corrected chi connectivity index (χ2v) is 7.41. The summed E-state index contributed by atoms with van der Waals surface area (Å²) in [6, 6.07) is 17.6. The zero-order chi connectivity index (χ0) is 24.7. The fourth-order valence-corrected chi connectivity index (χ4v) is 3.40. The van der Waals surface area contributed by atoms with E-state index in [4.69, 9.17) is 31.1 Å². The molecule has 3 aromatic carbocycles. The van der Waals surface area contributed by atoms with Crippen molar-refractivity contribution in [3.63, 3.8) is 0 Å². The first-order valence-electron chi connectivity index (χ1n) is 10.5. The minimum absolute atomic E-state index is 0.0375. The summed E-state index contributed by atoms with van der Waals surface area (Å²) in [5.74, 6) is 0.351. The topological polar surface area (TPSA) is 153 Å². The van der Waals surface area contributed by atoms with E-state index in [0.717, 1.165) is 11.1 Å². The van der Waals surface area contributed by atoms with Crippen molar-refractivity contribution in [2.24, 2.45) is 5.73 Å². The van der Waals surface area contributed by atoms with Crippen LogP contribution in [0.2, 0.25) is 0 Å². The van der Waals surface area contributed by atoms with Gasteiger partial charge in [0.05, 0.1) is 19.3 Å². The molecule has 0 aromatic heterocycles. The average Bonchev–Trinajstić information content (AvgIpc) is 2.81. The van der Waals surface area contributed by atoms with E-state index >= 15 is 0 Å². The molecule has 34 heavy (non-hydrogen) atoms. The van der Waals surface area contributed by atoms with Crippen LogP contribution in [0.1, 0.15) is 24.3 Å². The Morgan fingerprint density at radius 1 is 1.12 bits per heavy atom. The molecule has 0 aliphatic rings. The van der Waals surface area contributed by atoms with Crippen molar-refractivity contribution in [3.05, 3.63) is 71.8 Å². The van der Waals surface area contributed by atoms with Gasteiger partial charge in [-0.25, -0.2) is 0 Å². The van der Waals surface area contributed by atoms with Gasteiger partial charge >= 0.3 is 5.97 Å². The number of nitrogens with two attached hydrogens (primary N) is 2. The van der Waals surface area contributed by atoms with Gasteiger partial charge < -0.3 is 36.1 Å². The van der Waals surface area contributed by atoms with E-state index in [1.54, 1.807) is 42.5 Å². The molecule has 0 spiro atoms. The number of hydrogen-bond donors (Lipinski definition) is 5. The molecule has 0 aliphatic heterocycles. The second-order valence-electron chi connectivity index (χ2n) is 7.41. The maximum absolute atomic E-state index is 11.9. The number of benzene rings is 3. The van der Waals surface area contributed by atoms with E-state index in [-0.39, 0.29) is 19.0 Å². The molecule has 0 fully saturated rings. The van der Waals surface area contributed by atoms with Crippen LogP contribution in [-0.4, -0.2) is 37.2 Å². The smallest absolute Gasteiger partial charge is 0.304 e.